The molecule has 138 valence electrons. The van der Waals surface area contributed by atoms with E-state index in [-0.39, 0.29) is 29.5 Å². The van der Waals surface area contributed by atoms with Crippen molar-refractivity contribution in [3.63, 3.8) is 0 Å². The first-order chi connectivity index (χ1) is 12.5. The van der Waals surface area contributed by atoms with Gasteiger partial charge >= 0.3 is 5.97 Å². The summed E-state index contributed by atoms with van der Waals surface area (Å²) in [5, 5.41) is 11.6. The number of carbonyl (C=O) groups excluding carboxylic acids is 2. The van der Waals surface area contributed by atoms with Crippen molar-refractivity contribution in [3.05, 3.63) is 59.0 Å². The van der Waals surface area contributed by atoms with Gasteiger partial charge in [-0.2, -0.15) is 0 Å². The molecule has 1 aromatic carbocycles. The smallest absolute Gasteiger partial charge is 0.339 e. The van der Waals surface area contributed by atoms with Crippen molar-refractivity contribution in [2.45, 2.75) is 26.8 Å². The number of carbonyl (C=O) groups is 3. The van der Waals surface area contributed by atoms with Gasteiger partial charge in [0.05, 0.1) is 6.54 Å². The van der Waals surface area contributed by atoms with E-state index in [1.807, 2.05) is 37.3 Å². The summed E-state index contributed by atoms with van der Waals surface area (Å²) in [6, 6.07) is 10.7. The Balaban J connectivity index is 1.97. The van der Waals surface area contributed by atoms with Crippen molar-refractivity contribution in [1.29, 1.82) is 0 Å². The Bertz CT molecular complexity index is 782. The van der Waals surface area contributed by atoms with Gasteiger partial charge in [0.15, 0.2) is 5.76 Å². The van der Waals surface area contributed by atoms with E-state index in [2.05, 4.69) is 5.32 Å². The fraction of sp³-hybridized carbons (Fsp3) is 0.316. The Morgan fingerprint density at radius 2 is 1.85 bits per heavy atom. The fourth-order valence-corrected chi connectivity index (χ4v) is 2.52. The molecule has 2 aromatic rings. The van der Waals surface area contributed by atoms with Gasteiger partial charge in [0, 0.05) is 25.6 Å². The predicted molar refractivity (Wildman–Crippen MR) is 94.9 cm³/mol. The SMILES string of the molecule is CCc1oc(C(=O)NCC(=O)N(CC)Cc2ccccc2)cc1C(=O)O. The highest BCUT2D eigenvalue weighted by atomic mass is 16.4. The van der Waals surface area contributed by atoms with E-state index in [9.17, 15) is 14.4 Å². The van der Waals surface area contributed by atoms with Crippen LogP contribution in [0, 0.1) is 0 Å². The second-order valence-electron chi connectivity index (χ2n) is 5.68. The Labute approximate surface area is 151 Å². The van der Waals surface area contributed by atoms with Crippen LogP contribution < -0.4 is 5.32 Å². The van der Waals surface area contributed by atoms with Crippen LogP contribution in [0.4, 0.5) is 0 Å². The number of likely N-dealkylation sites (N-methyl/N-ethyl adjacent to an activating group) is 1. The molecule has 26 heavy (non-hydrogen) atoms. The van der Waals surface area contributed by atoms with Gasteiger partial charge in [-0.15, -0.1) is 0 Å². The van der Waals surface area contributed by atoms with E-state index in [0.29, 0.717) is 19.5 Å². The lowest BCUT2D eigenvalue weighted by Gasteiger charge is -2.21. The second kappa shape index (κ2) is 8.84. The number of aromatic carboxylic acids is 1. The van der Waals surface area contributed by atoms with Gasteiger partial charge in [0.1, 0.15) is 11.3 Å². The van der Waals surface area contributed by atoms with Crippen LogP contribution in [0.1, 0.15) is 46.1 Å². The van der Waals surface area contributed by atoms with Crippen molar-refractivity contribution in [2.24, 2.45) is 0 Å². The number of carboxylic acids is 1. The third kappa shape index (κ3) is 4.72. The molecule has 0 atom stereocenters. The first kappa shape index (κ1) is 19.2. The molecule has 7 heteroatoms. The van der Waals surface area contributed by atoms with Gasteiger partial charge in [0.2, 0.25) is 5.91 Å². The number of nitrogens with one attached hydrogen (secondary N) is 1. The van der Waals surface area contributed by atoms with Crippen molar-refractivity contribution in [3.8, 4) is 0 Å². The molecule has 0 radical (unpaired) electrons. The number of hydrogen-bond donors (Lipinski definition) is 2. The molecule has 0 aliphatic carbocycles. The third-order valence-electron chi connectivity index (χ3n) is 3.94. The number of rotatable bonds is 8. The predicted octanol–water partition coefficient (Wildman–Crippen LogP) is 2.32. The summed E-state index contributed by atoms with van der Waals surface area (Å²) in [5.74, 6) is -1.88. The zero-order chi connectivity index (χ0) is 19.1. The highest BCUT2D eigenvalue weighted by Gasteiger charge is 2.21. The molecule has 2 N–H and O–H groups in total. The average Bonchev–Trinajstić information content (AvgIpc) is 3.09. The topological polar surface area (TPSA) is 99.9 Å². The molecule has 2 rings (SSSR count). The second-order valence-corrected chi connectivity index (χ2v) is 5.68. The minimum atomic E-state index is -1.15. The molecule has 2 amide bonds. The molecular formula is C19H22N2O5. The van der Waals surface area contributed by atoms with Gasteiger partial charge in [-0.1, -0.05) is 37.3 Å². The van der Waals surface area contributed by atoms with Crippen LogP contribution in [0.15, 0.2) is 40.8 Å². The van der Waals surface area contributed by atoms with Gasteiger partial charge in [0.25, 0.3) is 5.91 Å². The Morgan fingerprint density at radius 3 is 2.38 bits per heavy atom. The summed E-state index contributed by atoms with van der Waals surface area (Å²) < 4.78 is 5.28. The van der Waals surface area contributed by atoms with E-state index in [4.69, 9.17) is 9.52 Å². The molecule has 1 heterocycles. The molecule has 0 aliphatic rings. The molecule has 7 nitrogen and oxygen atoms in total. The zero-order valence-corrected chi connectivity index (χ0v) is 14.8. The lowest BCUT2D eigenvalue weighted by molar-refractivity contribution is -0.130. The Hall–Kier alpha value is -3.09. The van der Waals surface area contributed by atoms with E-state index in [1.165, 1.54) is 6.07 Å². The molecule has 0 spiro atoms. The summed E-state index contributed by atoms with van der Waals surface area (Å²) in [4.78, 5) is 37.2. The largest absolute Gasteiger partial charge is 0.478 e. The van der Waals surface area contributed by atoms with Gasteiger partial charge in [-0.3, -0.25) is 9.59 Å². The number of furan rings is 1. The normalized spacial score (nSPS) is 10.4. The minimum Gasteiger partial charge on any atom is -0.478 e. The monoisotopic (exact) mass is 358 g/mol. The average molecular weight is 358 g/mol. The number of aryl methyl sites for hydroxylation is 1. The van der Waals surface area contributed by atoms with Crippen LogP contribution in [0.3, 0.4) is 0 Å². The summed E-state index contributed by atoms with van der Waals surface area (Å²) in [7, 11) is 0. The highest BCUT2D eigenvalue weighted by molar-refractivity contribution is 5.97. The molecule has 0 fully saturated rings. The number of nitrogens with zero attached hydrogens (tertiary/aromatic N) is 1. The molecule has 0 aliphatic heterocycles. The summed E-state index contributed by atoms with van der Waals surface area (Å²) in [6.07, 6.45) is 0.356. The van der Waals surface area contributed by atoms with Crippen LogP contribution in [-0.2, 0) is 17.8 Å². The van der Waals surface area contributed by atoms with Crippen LogP contribution >= 0.6 is 0 Å². The lowest BCUT2D eigenvalue weighted by Crippen LogP contribution is -2.39. The number of hydrogen-bond acceptors (Lipinski definition) is 4. The summed E-state index contributed by atoms with van der Waals surface area (Å²) >= 11 is 0. The Kier molecular flexibility index (Phi) is 6.54. The molecule has 0 unspecified atom stereocenters. The van der Waals surface area contributed by atoms with Gasteiger partial charge < -0.3 is 19.7 Å². The van der Waals surface area contributed by atoms with Crippen LogP contribution in [0.5, 0.6) is 0 Å². The molecule has 0 saturated carbocycles. The fourth-order valence-electron chi connectivity index (χ4n) is 2.52. The van der Waals surface area contributed by atoms with Crippen LogP contribution in [0.25, 0.3) is 0 Å². The molecule has 0 bridgehead atoms. The van der Waals surface area contributed by atoms with E-state index >= 15 is 0 Å². The van der Waals surface area contributed by atoms with Gasteiger partial charge in [-0.05, 0) is 12.5 Å². The number of benzene rings is 1. The van der Waals surface area contributed by atoms with Crippen molar-refractivity contribution >= 4 is 17.8 Å². The first-order valence-electron chi connectivity index (χ1n) is 8.42. The summed E-state index contributed by atoms with van der Waals surface area (Å²) in [5.41, 5.74) is 0.960. The maximum Gasteiger partial charge on any atom is 0.339 e. The highest BCUT2D eigenvalue weighted by Crippen LogP contribution is 2.16. The van der Waals surface area contributed by atoms with E-state index in [0.717, 1.165) is 5.56 Å². The van der Waals surface area contributed by atoms with Crippen molar-refractivity contribution in [1.82, 2.24) is 10.2 Å². The first-order valence-corrected chi connectivity index (χ1v) is 8.42. The van der Waals surface area contributed by atoms with E-state index < -0.39 is 11.9 Å². The maximum absolute atomic E-state index is 12.3. The zero-order valence-electron chi connectivity index (χ0n) is 14.8. The maximum atomic E-state index is 12.3. The van der Waals surface area contributed by atoms with E-state index in [1.54, 1.807) is 11.8 Å². The molecular weight excluding hydrogens is 336 g/mol. The Morgan fingerprint density at radius 1 is 1.15 bits per heavy atom. The number of carboxylic acid groups (broad SMARTS) is 1. The standard InChI is InChI=1S/C19H22N2O5/c1-3-15-14(19(24)25)10-16(26-15)18(23)20-11-17(22)21(4-2)12-13-8-6-5-7-9-13/h5-10H,3-4,11-12H2,1-2H3,(H,20,23)(H,24,25). The van der Waals surface area contributed by atoms with Crippen LogP contribution in [-0.4, -0.2) is 40.9 Å². The van der Waals surface area contributed by atoms with Crippen molar-refractivity contribution in [2.75, 3.05) is 13.1 Å². The van der Waals surface area contributed by atoms with Gasteiger partial charge in [-0.25, -0.2) is 4.79 Å². The van der Waals surface area contributed by atoms with Crippen LogP contribution in [0.2, 0.25) is 0 Å². The number of amides is 2. The molecule has 1 aromatic heterocycles. The minimum absolute atomic E-state index is 0.0387. The quantitative estimate of drug-likeness (QED) is 0.754. The molecule has 0 saturated heterocycles. The van der Waals surface area contributed by atoms with Crippen molar-refractivity contribution < 1.29 is 23.9 Å². The third-order valence-corrected chi connectivity index (χ3v) is 3.94. The lowest BCUT2D eigenvalue weighted by atomic mass is 10.2. The summed E-state index contributed by atoms with van der Waals surface area (Å²) in [6.45, 7) is 4.37.